The number of aryl methyl sites for hydroxylation is 1. The number of rotatable bonds is 5. The molecule has 0 spiro atoms. The highest BCUT2D eigenvalue weighted by atomic mass is 35.5. The fourth-order valence-corrected chi connectivity index (χ4v) is 2.29. The van der Waals surface area contributed by atoms with E-state index in [4.69, 9.17) is 16.1 Å². The number of nitrogens with zero attached hydrogens (tertiary/aromatic N) is 2. The average molecular weight is 343 g/mol. The molecular weight excluding hydrogens is 328 g/mol. The van der Waals surface area contributed by atoms with E-state index in [0.717, 1.165) is 5.56 Å². The van der Waals surface area contributed by atoms with Gasteiger partial charge < -0.3 is 15.2 Å². The molecule has 3 rings (SSSR count). The largest absolute Gasteiger partial charge is 0.349 e. The Balaban J connectivity index is 1.74. The van der Waals surface area contributed by atoms with Gasteiger partial charge in [0.1, 0.15) is 5.56 Å². The molecule has 2 aromatic heterocycles. The van der Waals surface area contributed by atoms with Crippen LogP contribution in [0.3, 0.4) is 0 Å². The van der Waals surface area contributed by atoms with Crippen LogP contribution in [-0.2, 0) is 6.54 Å². The monoisotopic (exact) mass is 342 g/mol. The Morgan fingerprint density at radius 1 is 1.17 bits per heavy atom. The number of anilines is 2. The third kappa shape index (κ3) is 3.72. The zero-order valence-electron chi connectivity index (χ0n) is 12.9. The molecule has 24 heavy (non-hydrogen) atoms. The van der Waals surface area contributed by atoms with E-state index < -0.39 is 0 Å². The Kier molecular flexibility index (Phi) is 4.77. The Labute approximate surface area is 143 Å². The number of carbonyl (C=O) groups excluding carboxylic acids is 1. The molecule has 0 atom stereocenters. The highest BCUT2D eigenvalue weighted by Gasteiger charge is 2.20. The van der Waals surface area contributed by atoms with Crippen molar-refractivity contribution in [2.75, 3.05) is 10.6 Å². The number of aromatic nitrogens is 2. The van der Waals surface area contributed by atoms with Gasteiger partial charge in [-0.1, -0.05) is 16.8 Å². The topological polar surface area (TPSA) is 80.1 Å². The molecule has 3 aromatic rings. The Morgan fingerprint density at radius 2 is 1.88 bits per heavy atom. The first-order chi connectivity index (χ1) is 11.6. The van der Waals surface area contributed by atoms with Gasteiger partial charge in [-0.25, -0.2) is 0 Å². The molecule has 0 saturated heterocycles. The van der Waals surface area contributed by atoms with E-state index in [9.17, 15) is 4.79 Å². The van der Waals surface area contributed by atoms with Crippen LogP contribution < -0.4 is 10.6 Å². The van der Waals surface area contributed by atoms with Crippen molar-refractivity contribution in [1.82, 2.24) is 10.1 Å². The van der Waals surface area contributed by atoms with E-state index in [0.29, 0.717) is 34.4 Å². The molecule has 1 amide bonds. The fraction of sp³-hybridized carbons (Fsp3) is 0.118. The van der Waals surface area contributed by atoms with Crippen LogP contribution in [0.15, 0.2) is 53.3 Å². The van der Waals surface area contributed by atoms with Gasteiger partial charge >= 0.3 is 0 Å². The van der Waals surface area contributed by atoms with Crippen LogP contribution in [0, 0.1) is 6.92 Å². The van der Waals surface area contributed by atoms with E-state index in [1.54, 1.807) is 43.6 Å². The van der Waals surface area contributed by atoms with Gasteiger partial charge in [-0.05, 0) is 48.9 Å². The standard InChI is InChI=1S/C17H15ClN4O2/c1-11-15(16(23)21-14-4-2-13(18)3-5-14)17(24-22-11)20-10-12-6-8-19-9-7-12/h2-9,20H,10H2,1H3,(H,21,23). The molecule has 7 heteroatoms. The Hall–Kier alpha value is -2.86. The summed E-state index contributed by atoms with van der Waals surface area (Å²) in [7, 11) is 0. The summed E-state index contributed by atoms with van der Waals surface area (Å²) < 4.78 is 5.24. The van der Waals surface area contributed by atoms with Gasteiger partial charge in [-0.3, -0.25) is 9.78 Å². The van der Waals surface area contributed by atoms with Crippen molar-refractivity contribution in [3.63, 3.8) is 0 Å². The van der Waals surface area contributed by atoms with Crippen LogP contribution >= 0.6 is 11.6 Å². The molecule has 1 aromatic carbocycles. The van der Waals surface area contributed by atoms with Crippen molar-refractivity contribution in [2.45, 2.75) is 13.5 Å². The summed E-state index contributed by atoms with van der Waals surface area (Å²) in [5.74, 6) is 0.0316. The number of carbonyl (C=O) groups is 1. The first-order valence-corrected chi connectivity index (χ1v) is 7.67. The van der Waals surface area contributed by atoms with Crippen molar-refractivity contribution in [2.24, 2.45) is 0 Å². The van der Waals surface area contributed by atoms with Crippen LogP contribution in [-0.4, -0.2) is 16.0 Å². The van der Waals surface area contributed by atoms with Gasteiger partial charge in [0.2, 0.25) is 5.88 Å². The maximum absolute atomic E-state index is 12.5. The number of nitrogens with one attached hydrogen (secondary N) is 2. The summed E-state index contributed by atoms with van der Waals surface area (Å²) >= 11 is 5.85. The van der Waals surface area contributed by atoms with Crippen LogP contribution in [0.2, 0.25) is 5.02 Å². The second kappa shape index (κ2) is 7.14. The van der Waals surface area contributed by atoms with Crippen molar-refractivity contribution in [1.29, 1.82) is 0 Å². The number of halogens is 1. The Morgan fingerprint density at radius 3 is 2.58 bits per heavy atom. The molecule has 0 saturated carbocycles. The average Bonchev–Trinajstić information content (AvgIpc) is 2.97. The molecule has 0 radical (unpaired) electrons. The van der Waals surface area contributed by atoms with Gasteiger partial charge in [-0.15, -0.1) is 0 Å². The molecule has 0 fully saturated rings. The molecule has 0 aliphatic carbocycles. The van der Waals surface area contributed by atoms with Crippen molar-refractivity contribution >= 4 is 29.1 Å². The molecule has 2 N–H and O–H groups in total. The zero-order chi connectivity index (χ0) is 16.9. The predicted molar refractivity (Wildman–Crippen MR) is 92.2 cm³/mol. The van der Waals surface area contributed by atoms with Gasteiger partial charge in [0.25, 0.3) is 5.91 Å². The van der Waals surface area contributed by atoms with Crippen LogP contribution in [0.25, 0.3) is 0 Å². The number of benzene rings is 1. The molecular formula is C17H15ClN4O2. The van der Waals surface area contributed by atoms with E-state index in [1.807, 2.05) is 12.1 Å². The van der Waals surface area contributed by atoms with Crippen molar-refractivity contribution in [3.05, 3.63) is 70.6 Å². The van der Waals surface area contributed by atoms with Crippen molar-refractivity contribution in [3.8, 4) is 0 Å². The van der Waals surface area contributed by atoms with Gasteiger partial charge in [0.05, 0.1) is 5.69 Å². The van der Waals surface area contributed by atoms with E-state index >= 15 is 0 Å². The normalized spacial score (nSPS) is 10.4. The number of hydrogen-bond acceptors (Lipinski definition) is 5. The van der Waals surface area contributed by atoms with Crippen LogP contribution in [0.4, 0.5) is 11.6 Å². The lowest BCUT2D eigenvalue weighted by molar-refractivity contribution is 0.102. The van der Waals surface area contributed by atoms with Crippen LogP contribution in [0.1, 0.15) is 21.6 Å². The van der Waals surface area contributed by atoms with Gasteiger partial charge in [-0.2, -0.15) is 0 Å². The number of hydrogen-bond donors (Lipinski definition) is 2. The summed E-state index contributed by atoms with van der Waals surface area (Å²) in [5.41, 5.74) is 2.55. The molecule has 0 bridgehead atoms. The van der Waals surface area contributed by atoms with E-state index in [1.165, 1.54) is 0 Å². The minimum atomic E-state index is -0.298. The third-order valence-electron chi connectivity index (χ3n) is 3.39. The fourth-order valence-electron chi connectivity index (χ4n) is 2.17. The molecule has 0 aliphatic heterocycles. The summed E-state index contributed by atoms with van der Waals surface area (Å²) in [6.07, 6.45) is 3.41. The number of amides is 1. The summed E-state index contributed by atoms with van der Waals surface area (Å²) in [5, 5.41) is 10.4. The van der Waals surface area contributed by atoms with Gasteiger partial charge in [0.15, 0.2) is 0 Å². The SMILES string of the molecule is Cc1noc(NCc2ccncc2)c1C(=O)Nc1ccc(Cl)cc1. The number of pyridine rings is 1. The van der Waals surface area contributed by atoms with E-state index in [2.05, 4.69) is 20.8 Å². The van der Waals surface area contributed by atoms with Crippen molar-refractivity contribution < 1.29 is 9.32 Å². The minimum Gasteiger partial charge on any atom is -0.349 e. The maximum Gasteiger partial charge on any atom is 0.263 e. The Bertz CT molecular complexity index is 832. The van der Waals surface area contributed by atoms with Gasteiger partial charge in [0, 0.05) is 29.6 Å². The lowest BCUT2D eigenvalue weighted by atomic mass is 10.2. The predicted octanol–water partition coefficient (Wildman–Crippen LogP) is 3.90. The first kappa shape index (κ1) is 16.0. The van der Waals surface area contributed by atoms with E-state index in [-0.39, 0.29) is 5.91 Å². The molecule has 6 nitrogen and oxygen atoms in total. The second-order valence-electron chi connectivity index (χ2n) is 5.14. The summed E-state index contributed by atoms with van der Waals surface area (Å²) in [4.78, 5) is 16.5. The molecule has 122 valence electrons. The summed E-state index contributed by atoms with van der Waals surface area (Å²) in [6.45, 7) is 2.22. The quantitative estimate of drug-likeness (QED) is 0.735. The highest BCUT2D eigenvalue weighted by molar-refractivity contribution is 6.30. The molecule has 0 aliphatic rings. The third-order valence-corrected chi connectivity index (χ3v) is 3.65. The molecule has 2 heterocycles. The molecule has 0 unspecified atom stereocenters. The lowest BCUT2D eigenvalue weighted by Gasteiger charge is -2.07. The van der Waals surface area contributed by atoms with Crippen LogP contribution in [0.5, 0.6) is 0 Å². The first-order valence-electron chi connectivity index (χ1n) is 7.29. The second-order valence-corrected chi connectivity index (χ2v) is 5.58. The highest BCUT2D eigenvalue weighted by Crippen LogP contribution is 2.22. The minimum absolute atomic E-state index is 0.298. The lowest BCUT2D eigenvalue weighted by Crippen LogP contribution is -2.14. The summed E-state index contributed by atoms with van der Waals surface area (Å²) in [6, 6.07) is 10.6. The zero-order valence-corrected chi connectivity index (χ0v) is 13.7. The maximum atomic E-state index is 12.5. The smallest absolute Gasteiger partial charge is 0.263 e.